The third-order valence-electron chi connectivity index (χ3n) is 6.31. The largest absolute Gasteiger partial charge is 0.444 e. The molecular formula is C24H28F2N4O6. The van der Waals surface area contributed by atoms with Gasteiger partial charge in [0.25, 0.3) is 5.91 Å². The molecule has 1 unspecified atom stereocenters. The number of benzene rings is 1. The molecule has 194 valence electrons. The molecule has 0 aliphatic carbocycles. The van der Waals surface area contributed by atoms with Crippen molar-refractivity contribution in [2.75, 3.05) is 18.4 Å². The summed E-state index contributed by atoms with van der Waals surface area (Å²) < 4.78 is 40.8. The van der Waals surface area contributed by atoms with E-state index in [2.05, 4.69) is 15.8 Å². The maximum absolute atomic E-state index is 15.1. The molecule has 36 heavy (non-hydrogen) atoms. The summed E-state index contributed by atoms with van der Waals surface area (Å²) in [5.41, 5.74) is -0.375. The highest BCUT2D eigenvalue weighted by Gasteiger charge is 2.48. The first kappa shape index (κ1) is 25.5. The Morgan fingerprint density at radius 2 is 1.86 bits per heavy atom. The van der Waals surface area contributed by atoms with Gasteiger partial charge in [-0.2, -0.15) is 8.78 Å². The summed E-state index contributed by atoms with van der Waals surface area (Å²) >= 11 is 0. The fraction of sp³-hybridized carbons (Fsp3) is 0.542. The monoisotopic (exact) mass is 506 g/mol. The number of carbonyl (C=O) groups excluding carboxylic acids is 4. The van der Waals surface area contributed by atoms with Crippen LogP contribution in [0.2, 0.25) is 0 Å². The zero-order valence-electron chi connectivity index (χ0n) is 20.2. The average Bonchev–Trinajstić information content (AvgIpc) is 3.23. The van der Waals surface area contributed by atoms with Crippen LogP contribution >= 0.6 is 0 Å². The fourth-order valence-electron chi connectivity index (χ4n) is 4.43. The van der Waals surface area contributed by atoms with Crippen LogP contribution in [0.5, 0.6) is 0 Å². The van der Waals surface area contributed by atoms with Gasteiger partial charge in [-0.25, -0.2) is 4.79 Å². The summed E-state index contributed by atoms with van der Waals surface area (Å²) in [7, 11) is 0. The van der Waals surface area contributed by atoms with E-state index in [1.54, 1.807) is 26.8 Å². The van der Waals surface area contributed by atoms with Gasteiger partial charge in [0.05, 0.1) is 11.6 Å². The number of amides is 4. The Kier molecular flexibility index (Phi) is 6.72. The van der Waals surface area contributed by atoms with Crippen LogP contribution < -0.4 is 10.6 Å². The minimum Gasteiger partial charge on any atom is -0.444 e. The molecule has 1 aromatic heterocycles. The first-order valence-corrected chi connectivity index (χ1v) is 11.8. The van der Waals surface area contributed by atoms with E-state index in [-0.39, 0.29) is 61.6 Å². The number of halogens is 2. The molecule has 4 rings (SSSR count). The van der Waals surface area contributed by atoms with Gasteiger partial charge in [-0.3, -0.25) is 19.7 Å². The number of aromatic nitrogens is 1. The lowest BCUT2D eigenvalue weighted by atomic mass is 9.90. The topological polar surface area (TPSA) is 131 Å². The van der Waals surface area contributed by atoms with Crippen molar-refractivity contribution in [3.05, 3.63) is 23.9 Å². The van der Waals surface area contributed by atoms with Crippen molar-refractivity contribution in [2.24, 2.45) is 5.92 Å². The summed E-state index contributed by atoms with van der Waals surface area (Å²) in [6.45, 7) is 5.27. The van der Waals surface area contributed by atoms with Crippen LogP contribution in [0, 0.1) is 5.92 Å². The molecule has 12 heteroatoms. The predicted molar refractivity (Wildman–Crippen MR) is 123 cm³/mol. The van der Waals surface area contributed by atoms with E-state index in [9.17, 15) is 19.2 Å². The molecule has 2 saturated heterocycles. The van der Waals surface area contributed by atoms with Crippen molar-refractivity contribution in [1.29, 1.82) is 0 Å². The van der Waals surface area contributed by atoms with E-state index in [0.717, 1.165) is 0 Å². The number of rotatable bonds is 4. The number of piperidine rings is 2. The molecule has 2 fully saturated rings. The van der Waals surface area contributed by atoms with Crippen molar-refractivity contribution < 1.29 is 37.2 Å². The van der Waals surface area contributed by atoms with Crippen LogP contribution in [-0.4, -0.2) is 58.5 Å². The van der Waals surface area contributed by atoms with E-state index in [1.807, 2.05) is 0 Å². The smallest absolute Gasteiger partial charge is 0.410 e. The second-order valence-electron chi connectivity index (χ2n) is 10.1. The average molecular weight is 507 g/mol. The van der Waals surface area contributed by atoms with Crippen molar-refractivity contribution >= 4 is 40.5 Å². The number of nitrogens with one attached hydrogen (secondary N) is 2. The number of ether oxygens (including phenoxy) is 1. The molecule has 1 atom stereocenters. The Labute approximate surface area is 205 Å². The number of anilines is 1. The number of likely N-dealkylation sites (tertiary alicyclic amines) is 1. The van der Waals surface area contributed by atoms with Crippen LogP contribution in [0.25, 0.3) is 11.0 Å². The molecule has 0 bridgehead atoms. The predicted octanol–water partition coefficient (Wildman–Crippen LogP) is 3.57. The van der Waals surface area contributed by atoms with Crippen LogP contribution in [0.4, 0.5) is 19.3 Å². The van der Waals surface area contributed by atoms with Crippen LogP contribution in [-0.2, 0) is 19.1 Å². The number of carbonyl (C=O) groups is 4. The Hall–Kier alpha value is -3.57. The Morgan fingerprint density at radius 1 is 1.17 bits per heavy atom. The number of imide groups is 1. The van der Waals surface area contributed by atoms with Gasteiger partial charge >= 0.3 is 12.0 Å². The third-order valence-corrected chi connectivity index (χ3v) is 6.31. The minimum absolute atomic E-state index is 0.00518. The standard InChI is InChI=1S/C24H28F2N4O6/c1-23(2,3)35-22(34)30-11-9-13(10-12-30)24(25,26)21(33)27-16-6-4-5-14-18(29-36-19(14)16)15-7-8-17(31)28-20(15)32/h4-6,13,15H,7-12H2,1-3H3,(H,27,33)(H,28,31,32). The lowest BCUT2D eigenvalue weighted by molar-refractivity contribution is -0.150. The molecule has 2 N–H and O–H groups in total. The first-order chi connectivity index (χ1) is 16.9. The summed E-state index contributed by atoms with van der Waals surface area (Å²) in [4.78, 5) is 49.9. The molecule has 0 saturated carbocycles. The van der Waals surface area contributed by atoms with Gasteiger partial charge in [0, 0.05) is 30.8 Å². The zero-order chi connectivity index (χ0) is 26.3. The number of para-hydroxylation sites is 1. The van der Waals surface area contributed by atoms with E-state index in [4.69, 9.17) is 9.26 Å². The van der Waals surface area contributed by atoms with E-state index in [0.29, 0.717) is 5.39 Å². The van der Waals surface area contributed by atoms with Crippen LogP contribution in [0.1, 0.15) is 58.1 Å². The molecule has 3 heterocycles. The van der Waals surface area contributed by atoms with E-state index < -0.39 is 41.3 Å². The number of nitrogens with zero attached hydrogens (tertiary/aromatic N) is 2. The van der Waals surface area contributed by atoms with Gasteiger partial charge in [0.2, 0.25) is 11.8 Å². The summed E-state index contributed by atoms with van der Waals surface area (Å²) in [6.07, 6.45) is -0.321. The Morgan fingerprint density at radius 3 is 2.50 bits per heavy atom. The fourth-order valence-corrected chi connectivity index (χ4v) is 4.43. The van der Waals surface area contributed by atoms with Gasteiger partial charge in [0.15, 0.2) is 5.58 Å². The molecule has 2 aromatic rings. The first-order valence-electron chi connectivity index (χ1n) is 11.8. The number of hydrogen-bond acceptors (Lipinski definition) is 7. The molecule has 10 nitrogen and oxygen atoms in total. The second kappa shape index (κ2) is 9.47. The lowest BCUT2D eigenvalue weighted by Gasteiger charge is -2.35. The number of alkyl halides is 2. The number of fused-ring (bicyclic) bond motifs is 1. The minimum atomic E-state index is -3.70. The molecule has 2 aliphatic rings. The Balaban J connectivity index is 1.45. The van der Waals surface area contributed by atoms with Crippen LogP contribution in [0.15, 0.2) is 22.7 Å². The van der Waals surface area contributed by atoms with Gasteiger partial charge in [-0.15, -0.1) is 0 Å². The zero-order valence-corrected chi connectivity index (χ0v) is 20.2. The Bertz CT molecular complexity index is 1200. The summed E-state index contributed by atoms with van der Waals surface area (Å²) in [5, 5.41) is 8.80. The number of hydrogen-bond donors (Lipinski definition) is 2. The molecule has 4 amide bonds. The van der Waals surface area contributed by atoms with E-state index >= 15 is 8.78 Å². The molecule has 0 spiro atoms. The second-order valence-corrected chi connectivity index (χ2v) is 10.1. The highest BCUT2D eigenvalue weighted by molar-refractivity contribution is 6.05. The van der Waals surface area contributed by atoms with Gasteiger partial charge < -0.3 is 19.5 Å². The van der Waals surface area contributed by atoms with Crippen molar-refractivity contribution in [1.82, 2.24) is 15.4 Å². The molecule has 2 aliphatic heterocycles. The highest BCUT2D eigenvalue weighted by atomic mass is 19.3. The lowest BCUT2D eigenvalue weighted by Crippen LogP contribution is -2.49. The summed E-state index contributed by atoms with van der Waals surface area (Å²) in [6, 6.07) is 4.54. The normalized spacial score (nSPS) is 19.8. The summed E-state index contributed by atoms with van der Waals surface area (Å²) in [5.74, 6) is -8.08. The maximum atomic E-state index is 15.1. The van der Waals surface area contributed by atoms with Crippen LogP contribution in [0.3, 0.4) is 0 Å². The molecular weight excluding hydrogens is 478 g/mol. The van der Waals surface area contributed by atoms with Crippen molar-refractivity contribution in [3.63, 3.8) is 0 Å². The molecule has 0 radical (unpaired) electrons. The van der Waals surface area contributed by atoms with Gasteiger partial charge in [-0.1, -0.05) is 11.2 Å². The van der Waals surface area contributed by atoms with Gasteiger partial charge in [0.1, 0.15) is 11.3 Å². The molecule has 1 aromatic carbocycles. The van der Waals surface area contributed by atoms with Gasteiger partial charge in [-0.05, 0) is 52.2 Å². The maximum Gasteiger partial charge on any atom is 0.410 e. The van der Waals surface area contributed by atoms with Crippen molar-refractivity contribution in [3.8, 4) is 0 Å². The van der Waals surface area contributed by atoms with Crippen molar-refractivity contribution in [2.45, 2.75) is 63.9 Å². The van der Waals surface area contributed by atoms with E-state index in [1.165, 1.54) is 17.0 Å². The quantitative estimate of drug-likeness (QED) is 0.606. The SMILES string of the molecule is CC(C)(C)OC(=O)N1CCC(C(F)(F)C(=O)Nc2cccc3c(C4CCC(=O)NC4=O)noc23)CC1. The highest BCUT2D eigenvalue weighted by Crippen LogP contribution is 2.37. The third kappa shape index (κ3) is 5.17.